The van der Waals surface area contributed by atoms with Gasteiger partial charge >= 0.3 is 0 Å². The molecule has 2 nitrogen and oxygen atoms in total. The molecule has 0 spiro atoms. The second-order valence-corrected chi connectivity index (χ2v) is 2.71. The molecule has 78 valence electrons. The molecule has 0 bridgehead atoms. The Balaban J connectivity index is 3.53. The highest BCUT2D eigenvalue weighted by Gasteiger charge is 2.04. The molecular weight excluding hydrogens is 176 g/mol. The summed E-state index contributed by atoms with van der Waals surface area (Å²) >= 11 is 0. The van der Waals surface area contributed by atoms with Crippen molar-refractivity contribution in [1.82, 2.24) is 0 Å². The van der Waals surface area contributed by atoms with E-state index in [9.17, 15) is 0 Å². The van der Waals surface area contributed by atoms with Crippen molar-refractivity contribution < 1.29 is 9.47 Å². The molecular formula is C12H18O2. The smallest absolute Gasteiger partial charge is 0.108 e. The van der Waals surface area contributed by atoms with Gasteiger partial charge in [0.05, 0.1) is 12.7 Å². The topological polar surface area (TPSA) is 18.5 Å². The van der Waals surface area contributed by atoms with Crippen molar-refractivity contribution in [3.05, 3.63) is 0 Å². The first kappa shape index (κ1) is 13.0. The fraction of sp³-hybridized carbons (Fsp3) is 0.667. The minimum Gasteiger partial charge on any atom is -0.366 e. The molecule has 0 aromatic carbocycles. The van der Waals surface area contributed by atoms with Gasteiger partial charge in [0.1, 0.15) is 13.2 Å². The average Bonchev–Trinajstić information content (AvgIpc) is 2.22. The minimum absolute atomic E-state index is 0.134. The molecule has 0 saturated carbocycles. The Bertz CT molecular complexity index is 237. The lowest BCUT2D eigenvalue weighted by Gasteiger charge is -2.13. The summed E-state index contributed by atoms with van der Waals surface area (Å²) < 4.78 is 10.8. The van der Waals surface area contributed by atoms with E-state index in [0.717, 1.165) is 6.42 Å². The number of rotatable bonds is 6. The molecule has 0 amide bonds. The highest BCUT2D eigenvalue weighted by molar-refractivity contribution is 4.95. The fourth-order valence-corrected chi connectivity index (χ4v) is 0.829. The summed E-state index contributed by atoms with van der Waals surface area (Å²) in [5.74, 6) is 11.3. The number of hydrogen-bond acceptors (Lipinski definition) is 2. The maximum atomic E-state index is 5.47. The highest BCUT2D eigenvalue weighted by Crippen LogP contribution is 1.98. The lowest BCUT2D eigenvalue weighted by atomic mass is 10.3. The van der Waals surface area contributed by atoms with Crippen LogP contribution in [0.25, 0.3) is 0 Å². The molecule has 0 aromatic rings. The van der Waals surface area contributed by atoms with Crippen molar-refractivity contribution in [2.75, 3.05) is 19.8 Å². The zero-order valence-corrected chi connectivity index (χ0v) is 9.22. The molecule has 0 aliphatic carbocycles. The van der Waals surface area contributed by atoms with Crippen molar-refractivity contribution in [2.45, 2.75) is 33.3 Å². The third kappa shape index (κ3) is 7.68. The van der Waals surface area contributed by atoms with Gasteiger partial charge in [-0.05, 0) is 20.3 Å². The molecule has 0 radical (unpaired) electrons. The van der Waals surface area contributed by atoms with E-state index in [-0.39, 0.29) is 6.10 Å². The second-order valence-electron chi connectivity index (χ2n) is 2.71. The van der Waals surface area contributed by atoms with Gasteiger partial charge in [0.25, 0.3) is 0 Å². The maximum absolute atomic E-state index is 5.47. The number of hydrogen-bond donors (Lipinski definition) is 0. The molecule has 0 saturated heterocycles. The van der Waals surface area contributed by atoms with Crippen LogP contribution in [0.3, 0.4) is 0 Å². The summed E-state index contributed by atoms with van der Waals surface area (Å²) in [4.78, 5) is 0. The van der Waals surface area contributed by atoms with Crippen molar-refractivity contribution in [3.63, 3.8) is 0 Å². The van der Waals surface area contributed by atoms with Crippen LogP contribution in [0, 0.1) is 23.7 Å². The summed E-state index contributed by atoms with van der Waals surface area (Å²) in [6.07, 6.45) is 1.07. The predicted molar refractivity (Wildman–Crippen MR) is 57.8 cm³/mol. The van der Waals surface area contributed by atoms with E-state index >= 15 is 0 Å². The zero-order chi connectivity index (χ0) is 10.6. The Morgan fingerprint density at radius 2 is 1.71 bits per heavy atom. The summed E-state index contributed by atoms with van der Waals surface area (Å²) in [6, 6.07) is 0. The van der Waals surface area contributed by atoms with Gasteiger partial charge in [0.15, 0.2) is 0 Å². The van der Waals surface area contributed by atoms with Crippen molar-refractivity contribution in [2.24, 2.45) is 0 Å². The van der Waals surface area contributed by atoms with Crippen LogP contribution >= 0.6 is 0 Å². The molecule has 0 aromatic heterocycles. The molecule has 0 aliphatic rings. The number of ether oxygens (including phenoxy) is 2. The molecule has 0 fully saturated rings. The van der Waals surface area contributed by atoms with Gasteiger partial charge < -0.3 is 9.47 Å². The van der Waals surface area contributed by atoms with Gasteiger partial charge in [-0.25, -0.2) is 0 Å². The maximum Gasteiger partial charge on any atom is 0.108 e. The molecule has 0 unspecified atom stereocenters. The van der Waals surface area contributed by atoms with E-state index < -0.39 is 0 Å². The van der Waals surface area contributed by atoms with Gasteiger partial charge in [-0.2, -0.15) is 0 Å². The van der Waals surface area contributed by atoms with E-state index in [1.54, 1.807) is 13.8 Å². The van der Waals surface area contributed by atoms with Gasteiger partial charge in [0, 0.05) is 0 Å². The third-order valence-corrected chi connectivity index (χ3v) is 1.68. The Morgan fingerprint density at radius 3 is 2.29 bits per heavy atom. The van der Waals surface area contributed by atoms with Crippen LogP contribution in [-0.2, 0) is 9.47 Å². The van der Waals surface area contributed by atoms with Gasteiger partial charge in [-0.1, -0.05) is 18.8 Å². The molecule has 14 heavy (non-hydrogen) atoms. The lowest BCUT2D eigenvalue weighted by Crippen LogP contribution is -2.19. The van der Waals surface area contributed by atoms with Crippen LogP contribution in [0.15, 0.2) is 0 Å². The van der Waals surface area contributed by atoms with Gasteiger partial charge in [-0.3, -0.25) is 0 Å². The molecule has 0 N–H and O–H groups in total. The Kier molecular flexibility index (Phi) is 9.43. The Hall–Kier alpha value is -0.960. The standard InChI is InChI=1S/C12H18O2/c1-4-7-9-13-11-12(6-3)14-10-8-5-2/h12H,6,9-11H2,1-3H3/t12-/m0/s1. The molecule has 0 heterocycles. The molecule has 2 heteroatoms. The first-order valence-electron chi connectivity index (χ1n) is 4.83. The predicted octanol–water partition coefficient (Wildman–Crippen LogP) is 1.84. The van der Waals surface area contributed by atoms with Crippen molar-refractivity contribution >= 4 is 0 Å². The normalized spacial score (nSPS) is 10.8. The zero-order valence-electron chi connectivity index (χ0n) is 9.22. The van der Waals surface area contributed by atoms with Crippen LogP contribution in [0.4, 0.5) is 0 Å². The van der Waals surface area contributed by atoms with Crippen LogP contribution in [0.1, 0.15) is 27.2 Å². The van der Waals surface area contributed by atoms with Crippen molar-refractivity contribution in [1.29, 1.82) is 0 Å². The summed E-state index contributed by atoms with van der Waals surface area (Å²) in [5.41, 5.74) is 0. The summed E-state index contributed by atoms with van der Waals surface area (Å²) in [5, 5.41) is 0. The fourth-order valence-electron chi connectivity index (χ4n) is 0.829. The quantitative estimate of drug-likeness (QED) is 0.474. The summed E-state index contributed by atoms with van der Waals surface area (Å²) in [6.45, 7) is 7.23. The first-order chi connectivity index (χ1) is 6.85. The largest absolute Gasteiger partial charge is 0.366 e. The Labute approximate surface area is 87.0 Å². The van der Waals surface area contributed by atoms with Gasteiger partial charge in [0.2, 0.25) is 0 Å². The average molecular weight is 194 g/mol. The van der Waals surface area contributed by atoms with Crippen LogP contribution < -0.4 is 0 Å². The van der Waals surface area contributed by atoms with Gasteiger partial charge in [-0.15, -0.1) is 11.8 Å². The van der Waals surface area contributed by atoms with E-state index in [0.29, 0.717) is 19.8 Å². The van der Waals surface area contributed by atoms with E-state index in [1.807, 2.05) is 0 Å². The monoisotopic (exact) mass is 194 g/mol. The molecule has 0 aliphatic heterocycles. The second kappa shape index (κ2) is 10.1. The molecule has 0 rings (SSSR count). The highest BCUT2D eigenvalue weighted by atomic mass is 16.5. The SMILES string of the molecule is CC#CCOC[C@H](CC)OCC#CC. The third-order valence-electron chi connectivity index (χ3n) is 1.68. The van der Waals surface area contributed by atoms with E-state index in [1.165, 1.54) is 0 Å². The van der Waals surface area contributed by atoms with Crippen LogP contribution in [-0.4, -0.2) is 25.9 Å². The minimum atomic E-state index is 0.134. The van der Waals surface area contributed by atoms with E-state index in [4.69, 9.17) is 9.47 Å². The first-order valence-corrected chi connectivity index (χ1v) is 4.83. The lowest BCUT2D eigenvalue weighted by molar-refractivity contribution is 0.00358. The Morgan fingerprint density at radius 1 is 1.07 bits per heavy atom. The molecule has 1 atom stereocenters. The van der Waals surface area contributed by atoms with Crippen LogP contribution in [0.5, 0.6) is 0 Å². The van der Waals surface area contributed by atoms with Crippen LogP contribution in [0.2, 0.25) is 0 Å². The van der Waals surface area contributed by atoms with Crippen molar-refractivity contribution in [3.8, 4) is 23.7 Å². The summed E-state index contributed by atoms with van der Waals surface area (Å²) in [7, 11) is 0. The van der Waals surface area contributed by atoms with E-state index in [2.05, 4.69) is 30.6 Å².